The van der Waals surface area contributed by atoms with Crippen molar-refractivity contribution in [2.24, 2.45) is 4.99 Å². The summed E-state index contributed by atoms with van der Waals surface area (Å²) in [5, 5.41) is 11.8. The van der Waals surface area contributed by atoms with E-state index >= 15 is 0 Å². The van der Waals surface area contributed by atoms with Crippen LogP contribution in [0, 0.1) is 5.82 Å². The lowest BCUT2D eigenvalue weighted by Gasteiger charge is -2.27. The highest BCUT2D eigenvalue weighted by molar-refractivity contribution is 6.00. The number of benzene rings is 3. The summed E-state index contributed by atoms with van der Waals surface area (Å²) in [4.78, 5) is 18.4. The van der Waals surface area contributed by atoms with Crippen LogP contribution in [-0.2, 0) is 16.1 Å². The van der Waals surface area contributed by atoms with Crippen LogP contribution in [0.2, 0.25) is 0 Å². The highest BCUT2D eigenvalue weighted by Gasteiger charge is 2.49. The van der Waals surface area contributed by atoms with E-state index in [2.05, 4.69) is 5.32 Å². The molecule has 2 atom stereocenters. The van der Waals surface area contributed by atoms with E-state index < -0.39 is 11.6 Å². The second-order valence-corrected chi connectivity index (χ2v) is 8.84. The topological polar surface area (TPSA) is 80.2 Å². The van der Waals surface area contributed by atoms with Gasteiger partial charge in [-0.3, -0.25) is 4.79 Å². The van der Waals surface area contributed by atoms with Crippen LogP contribution in [0.5, 0.6) is 5.75 Å². The number of nitrogens with one attached hydrogen (secondary N) is 1. The first-order chi connectivity index (χ1) is 18.0. The summed E-state index contributed by atoms with van der Waals surface area (Å²) in [7, 11) is 0. The molecule has 1 aliphatic rings. The van der Waals surface area contributed by atoms with Crippen molar-refractivity contribution >= 4 is 17.9 Å². The van der Waals surface area contributed by atoms with E-state index in [1.165, 1.54) is 6.07 Å². The summed E-state index contributed by atoms with van der Waals surface area (Å²) >= 11 is 0. The largest absolute Gasteiger partial charge is 0.494 e. The van der Waals surface area contributed by atoms with Gasteiger partial charge in [0.1, 0.15) is 17.7 Å². The number of aliphatic hydroxyl groups is 1. The molecule has 4 rings (SSSR count). The van der Waals surface area contributed by atoms with Gasteiger partial charge in [-0.1, -0.05) is 60.7 Å². The molecule has 6 nitrogen and oxygen atoms in total. The van der Waals surface area contributed by atoms with E-state index in [4.69, 9.17) is 19.6 Å². The van der Waals surface area contributed by atoms with Crippen molar-refractivity contribution in [1.29, 1.82) is 0 Å². The third-order valence-corrected chi connectivity index (χ3v) is 6.26. The number of halogens is 1. The molecule has 0 spiro atoms. The van der Waals surface area contributed by atoms with Crippen LogP contribution in [0.1, 0.15) is 36.5 Å². The minimum Gasteiger partial charge on any atom is -0.494 e. The standard InChI is InChI=1S/C30H31FN2O4/c1-22-30(18-7-11-23-9-3-2-4-10-23,29(35)32-21-25-12-5-6-13-27(25)31)33-28(37-22)24-14-16-26(17-15-24)36-20-8-19-34/h2-7,9-17,22,34H,8,18-21H2,1H3,(H,32,35)/b11-7+/t22-,30-/m1/s1. The Hall–Kier alpha value is -3.97. The normalized spacial score (nSPS) is 18.9. The monoisotopic (exact) mass is 502 g/mol. The molecule has 1 heterocycles. The Morgan fingerprint density at radius 2 is 1.84 bits per heavy atom. The van der Waals surface area contributed by atoms with Gasteiger partial charge in [-0.05, 0) is 42.8 Å². The Bertz CT molecular complexity index is 1240. The zero-order valence-corrected chi connectivity index (χ0v) is 20.8. The lowest BCUT2D eigenvalue weighted by atomic mass is 9.88. The van der Waals surface area contributed by atoms with Gasteiger partial charge in [-0.25, -0.2) is 9.38 Å². The molecule has 0 unspecified atom stereocenters. The predicted molar refractivity (Wildman–Crippen MR) is 142 cm³/mol. The van der Waals surface area contributed by atoms with E-state index in [-0.39, 0.29) is 24.9 Å². The first-order valence-corrected chi connectivity index (χ1v) is 12.4. The molecule has 0 aliphatic carbocycles. The average molecular weight is 503 g/mol. The van der Waals surface area contributed by atoms with Gasteiger partial charge < -0.3 is 19.9 Å². The van der Waals surface area contributed by atoms with Gasteiger partial charge in [-0.15, -0.1) is 0 Å². The zero-order valence-electron chi connectivity index (χ0n) is 20.8. The maximum Gasteiger partial charge on any atom is 0.252 e. The van der Waals surface area contributed by atoms with Crippen molar-refractivity contribution in [2.45, 2.75) is 38.0 Å². The Morgan fingerprint density at radius 1 is 1.11 bits per heavy atom. The molecule has 192 valence electrons. The minimum absolute atomic E-state index is 0.0487. The van der Waals surface area contributed by atoms with E-state index in [1.807, 2.05) is 61.5 Å². The molecule has 0 radical (unpaired) electrons. The molecule has 3 aromatic carbocycles. The molecule has 0 bridgehead atoms. The molecule has 0 saturated heterocycles. The summed E-state index contributed by atoms with van der Waals surface area (Å²) in [6, 6.07) is 23.4. The molecule has 37 heavy (non-hydrogen) atoms. The molecule has 3 aromatic rings. The van der Waals surface area contributed by atoms with Crippen molar-refractivity contribution in [3.8, 4) is 5.75 Å². The van der Waals surface area contributed by atoms with Crippen molar-refractivity contribution in [1.82, 2.24) is 5.32 Å². The highest BCUT2D eigenvalue weighted by atomic mass is 19.1. The number of ether oxygens (including phenoxy) is 2. The number of aliphatic hydroxyl groups excluding tert-OH is 1. The Balaban J connectivity index is 1.57. The lowest BCUT2D eigenvalue weighted by molar-refractivity contribution is -0.128. The predicted octanol–water partition coefficient (Wildman–Crippen LogP) is 4.91. The van der Waals surface area contributed by atoms with Crippen molar-refractivity contribution < 1.29 is 23.8 Å². The van der Waals surface area contributed by atoms with Crippen LogP contribution in [0.4, 0.5) is 4.39 Å². The smallest absolute Gasteiger partial charge is 0.252 e. The lowest BCUT2D eigenvalue weighted by Crippen LogP contribution is -2.50. The van der Waals surface area contributed by atoms with E-state index in [0.29, 0.717) is 36.7 Å². The van der Waals surface area contributed by atoms with Crippen molar-refractivity contribution in [3.63, 3.8) is 0 Å². The summed E-state index contributed by atoms with van der Waals surface area (Å²) in [5.41, 5.74) is 0.912. The number of rotatable bonds is 11. The summed E-state index contributed by atoms with van der Waals surface area (Å²) in [6.45, 7) is 2.36. The Kier molecular flexibility index (Phi) is 8.69. The van der Waals surface area contributed by atoms with E-state index in [9.17, 15) is 9.18 Å². The fourth-order valence-corrected chi connectivity index (χ4v) is 4.09. The van der Waals surface area contributed by atoms with Gasteiger partial charge in [0.2, 0.25) is 5.90 Å². The molecule has 0 fully saturated rings. The maximum atomic E-state index is 14.2. The number of aliphatic imine (C=N–C) groups is 1. The number of amides is 1. The van der Waals surface area contributed by atoms with Crippen molar-refractivity contribution in [3.05, 3.63) is 107 Å². The zero-order chi connectivity index (χ0) is 26.1. The van der Waals surface area contributed by atoms with E-state index in [0.717, 1.165) is 11.1 Å². The third-order valence-electron chi connectivity index (χ3n) is 6.26. The first kappa shape index (κ1) is 26.1. The Labute approximate surface area is 216 Å². The number of hydrogen-bond donors (Lipinski definition) is 2. The fourth-order valence-electron chi connectivity index (χ4n) is 4.09. The molecule has 7 heteroatoms. The highest BCUT2D eigenvalue weighted by Crippen LogP contribution is 2.33. The summed E-state index contributed by atoms with van der Waals surface area (Å²) < 4.78 is 25.9. The molecule has 2 N–H and O–H groups in total. The molecule has 0 aromatic heterocycles. The average Bonchev–Trinajstić information content (AvgIpc) is 3.26. The molecular formula is C30H31FN2O4. The minimum atomic E-state index is -1.22. The quantitative estimate of drug-likeness (QED) is 0.365. The number of carbonyl (C=O) groups excluding carboxylic acids is 1. The number of hydrogen-bond acceptors (Lipinski definition) is 5. The molecule has 1 aliphatic heterocycles. The van der Waals surface area contributed by atoms with Gasteiger partial charge in [-0.2, -0.15) is 0 Å². The second kappa shape index (κ2) is 12.3. The molecular weight excluding hydrogens is 471 g/mol. The SMILES string of the molecule is C[C@H]1OC(c2ccc(OCCCO)cc2)=N[C@@]1(C/C=C/c1ccccc1)C(=O)NCc1ccccc1F. The summed E-state index contributed by atoms with van der Waals surface area (Å²) in [5.74, 6) is 0.328. The second-order valence-electron chi connectivity index (χ2n) is 8.84. The van der Waals surface area contributed by atoms with Gasteiger partial charge >= 0.3 is 0 Å². The number of nitrogens with zero attached hydrogens (tertiary/aromatic N) is 1. The summed E-state index contributed by atoms with van der Waals surface area (Å²) in [6.07, 6.45) is 4.17. The molecule has 1 amide bonds. The van der Waals surface area contributed by atoms with Crippen LogP contribution < -0.4 is 10.1 Å². The van der Waals surface area contributed by atoms with Crippen LogP contribution >= 0.6 is 0 Å². The van der Waals surface area contributed by atoms with Crippen LogP contribution in [-0.4, -0.2) is 41.8 Å². The van der Waals surface area contributed by atoms with Crippen molar-refractivity contribution in [2.75, 3.05) is 13.2 Å². The van der Waals surface area contributed by atoms with Gasteiger partial charge in [0.05, 0.1) is 6.61 Å². The van der Waals surface area contributed by atoms with Crippen LogP contribution in [0.25, 0.3) is 6.08 Å². The maximum absolute atomic E-state index is 14.2. The fraction of sp³-hybridized carbons (Fsp3) is 0.267. The third kappa shape index (κ3) is 6.43. The molecule has 0 saturated carbocycles. The van der Waals surface area contributed by atoms with Crippen LogP contribution in [0.15, 0.2) is 89.9 Å². The van der Waals surface area contributed by atoms with Gasteiger partial charge in [0, 0.05) is 37.1 Å². The van der Waals surface area contributed by atoms with E-state index in [1.54, 1.807) is 30.3 Å². The first-order valence-electron chi connectivity index (χ1n) is 12.4. The Morgan fingerprint density at radius 3 is 2.57 bits per heavy atom. The van der Waals surface area contributed by atoms with Gasteiger partial charge in [0.25, 0.3) is 5.91 Å². The van der Waals surface area contributed by atoms with Crippen LogP contribution in [0.3, 0.4) is 0 Å². The number of carbonyl (C=O) groups is 1. The van der Waals surface area contributed by atoms with Gasteiger partial charge in [0.15, 0.2) is 5.54 Å².